The highest BCUT2D eigenvalue weighted by Gasteiger charge is 2.12. The van der Waals surface area contributed by atoms with Gasteiger partial charge in [0.15, 0.2) is 0 Å². The number of rotatable bonds is 3. The molecule has 0 unspecified atom stereocenters. The average Bonchev–Trinajstić information content (AvgIpc) is 2.56. The topological polar surface area (TPSA) is 29.1 Å². The van der Waals surface area contributed by atoms with Gasteiger partial charge in [0.1, 0.15) is 0 Å². The van der Waals surface area contributed by atoms with Gasteiger partial charge in [0.05, 0.1) is 0 Å². The second-order valence-electron chi connectivity index (χ2n) is 4.73. The third-order valence-corrected chi connectivity index (χ3v) is 3.29. The Labute approximate surface area is 124 Å². The van der Waals surface area contributed by atoms with E-state index in [4.69, 9.17) is 0 Å². The van der Waals surface area contributed by atoms with Gasteiger partial charge in [-0.2, -0.15) is 0 Å². The van der Waals surface area contributed by atoms with Gasteiger partial charge in [0.25, 0.3) is 5.91 Å². The summed E-state index contributed by atoms with van der Waals surface area (Å²) in [6.07, 6.45) is 0. The summed E-state index contributed by atoms with van der Waals surface area (Å²) in [6, 6.07) is 27.1. The summed E-state index contributed by atoms with van der Waals surface area (Å²) in [5, 5.41) is 2.93. The monoisotopic (exact) mass is 273 g/mol. The Balaban J connectivity index is 1.94. The summed E-state index contributed by atoms with van der Waals surface area (Å²) >= 11 is 0. The summed E-state index contributed by atoms with van der Waals surface area (Å²) in [5.41, 5.74) is 3.45. The maximum absolute atomic E-state index is 12.5. The number of hydrogen-bond acceptors (Lipinski definition) is 1. The Morgan fingerprint density at radius 2 is 1.24 bits per heavy atom. The Bertz CT molecular complexity index is 736. The lowest BCUT2D eigenvalue weighted by Crippen LogP contribution is -2.12. The second-order valence-corrected chi connectivity index (χ2v) is 4.73. The molecule has 3 aromatic carbocycles. The third-order valence-electron chi connectivity index (χ3n) is 3.29. The van der Waals surface area contributed by atoms with Gasteiger partial charge >= 0.3 is 0 Å². The molecule has 0 bridgehead atoms. The van der Waals surface area contributed by atoms with E-state index in [1.165, 1.54) is 0 Å². The fourth-order valence-corrected chi connectivity index (χ4v) is 2.27. The highest BCUT2D eigenvalue weighted by atomic mass is 16.1. The van der Waals surface area contributed by atoms with Gasteiger partial charge in [-0.05, 0) is 29.3 Å². The number of anilines is 1. The summed E-state index contributed by atoms with van der Waals surface area (Å²) in [7, 11) is 0. The molecule has 0 saturated heterocycles. The van der Waals surface area contributed by atoms with Crippen LogP contribution < -0.4 is 5.32 Å². The summed E-state index contributed by atoms with van der Waals surface area (Å²) in [5.74, 6) is -0.0966. The Kier molecular flexibility index (Phi) is 3.79. The lowest BCUT2D eigenvalue weighted by atomic mass is 9.99. The van der Waals surface area contributed by atoms with Gasteiger partial charge in [0, 0.05) is 11.3 Å². The molecule has 0 aliphatic carbocycles. The van der Waals surface area contributed by atoms with Gasteiger partial charge in [-0.25, -0.2) is 0 Å². The van der Waals surface area contributed by atoms with Crippen molar-refractivity contribution in [3.8, 4) is 11.1 Å². The maximum atomic E-state index is 12.5. The standard InChI is InChI=1S/C19H15NO/c21-19(20-16-11-5-2-6-12-16)18-14-8-7-13-17(18)15-9-3-1-4-10-15/h1-14H,(H,20,21). The first kappa shape index (κ1) is 13.1. The zero-order valence-electron chi connectivity index (χ0n) is 11.5. The molecule has 0 aliphatic heterocycles. The molecule has 2 heteroatoms. The zero-order chi connectivity index (χ0) is 14.5. The summed E-state index contributed by atoms with van der Waals surface area (Å²) in [6.45, 7) is 0. The molecule has 1 N–H and O–H groups in total. The van der Waals surface area contributed by atoms with Crippen LogP contribution in [0.3, 0.4) is 0 Å². The quantitative estimate of drug-likeness (QED) is 0.742. The van der Waals surface area contributed by atoms with E-state index in [1.54, 1.807) is 0 Å². The Hall–Kier alpha value is -2.87. The van der Waals surface area contributed by atoms with E-state index in [0.717, 1.165) is 16.8 Å². The number of carbonyl (C=O) groups excluding carboxylic acids is 1. The van der Waals surface area contributed by atoms with Gasteiger partial charge < -0.3 is 5.32 Å². The van der Waals surface area contributed by atoms with Crippen molar-refractivity contribution >= 4 is 11.6 Å². The van der Waals surface area contributed by atoms with Crippen molar-refractivity contribution in [2.24, 2.45) is 0 Å². The molecule has 2 nitrogen and oxygen atoms in total. The predicted molar refractivity (Wildman–Crippen MR) is 86.3 cm³/mol. The first-order valence-electron chi connectivity index (χ1n) is 6.85. The molecule has 0 aromatic heterocycles. The van der Waals surface area contributed by atoms with Crippen molar-refractivity contribution in [1.29, 1.82) is 0 Å². The lowest BCUT2D eigenvalue weighted by Gasteiger charge is -2.10. The van der Waals surface area contributed by atoms with Crippen molar-refractivity contribution in [3.05, 3.63) is 90.5 Å². The predicted octanol–water partition coefficient (Wildman–Crippen LogP) is 4.61. The number of nitrogens with one attached hydrogen (secondary N) is 1. The molecule has 3 aromatic rings. The smallest absolute Gasteiger partial charge is 0.256 e. The fraction of sp³-hybridized carbons (Fsp3) is 0. The van der Waals surface area contributed by atoms with E-state index in [9.17, 15) is 4.79 Å². The van der Waals surface area contributed by atoms with E-state index in [2.05, 4.69) is 5.32 Å². The molecule has 0 radical (unpaired) electrons. The van der Waals surface area contributed by atoms with E-state index >= 15 is 0 Å². The molecule has 3 rings (SSSR count). The molecule has 0 heterocycles. The third kappa shape index (κ3) is 3.00. The van der Waals surface area contributed by atoms with Crippen LogP contribution in [0.5, 0.6) is 0 Å². The Morgan fingerprint density at radius 1 is 0.667 bits per heavy atom. The van der Waals surface area contributed by atoms with Crippen LogP contribution in [0.15, 0.2) is 84.9 Å². The molecule has 0 aliphatic rings. The van der Waals surface area contributed by atoms with Crippen LogP contribution in [-0.2, 0) is 0 Å². The lowest BCUT2D eigenvalue weighted by molar-refractivity contribution is 0.102. The average molecular weight is 273 g/mol. The highest BCUT2D eigenvalue weighted by molar-refractivity contribution is 6.08. The SMILES string of the molecule is O=C(Nc1ccccc1)c1ccccc1-c1ccccc1. The summed E-state index contributed by atoms with van der Waals surface area (Å²) in [4.78, 5) is 12.5. The van der Waals surface area contributed by atoms with Crippen molar-refractivity contribution in [2.45, 2.75) is 0 Å². The van der Waals surface area contributed by atoms with Crippen LogP contribution in [0.1, 0.15) is 10.4 Å². The van der Waals surface area contributed by atoms with Crippen molar-refractivity contribution < 1.29 is 4.79 Å². The van der Waals surface area contributed by atoms with Crippen LogP contribution in [0.2, 0.25) is 0 Å². The largest absolute Gasteiger partial charge is 0.322 e. The molecular formula is C19H15NO. The summed E-state index contributed by atoms with van der Waals surface area (Å²) < 4.78 is 0. The molecular weight excluding hydrogens is 258 g/mol. The van der Waals surface area contributed by atoms with E-state index < -0.39 is 0 Å². The van der Waals surface area contributed by atoms with Crippen molar-refractivity contribution in [2.75, 3.05) is 5.32 Å². The molecule has 0 saturated carbocycles. The Morgan fingerprint density at radius 3 is 1.95 bits per heavy atom. The number of benzene rings is 3. The van der Waals surface area contributed by atoms with Crippen LogP contribution in [-0.4, -0.2) is 5.91 Å². The number of carbonyl (C=O) groups is 1. The van der Waals surface area contributed by atoms with Gasteiger partial charge in [-0.15, -0.1) is 0 Å². The minimum atomic E-state index is -0.0966. The highest BCUT2D eigenvalue weighted by Crippen LogP contribution is 2.24. The van der Waals surface area contributed by atoms with Gasteiger partial charge in [-0.1, -0.05) is 66.7 Å². The number of para-hydroxylation sites is 1. The maximum Gasteiger partial charge on any atom is 0.256 e. The van der Waals surface area contributed by atoms with Crippen molar-refractivity contribution in [3.63, 3.8) is 0 Å². The number of amides is 1. The minimum Gasteiger partial charge on any atom is -0.322 e. The van der Waals surface area contributed by atoms with Crippen LogP contribution >= 0.6 is 0 Å². The van der Waals surface area contributed by atoms with Crippen LogP contribution in [0.4, 0.5) is 5.69 Å². The van der Waals surface area contributed by atoms with E-state index in [-0.39, 0.29) is 5.91 Å². The van der Waals surface area contributed by atoms with Gasteiger partial charge in [0.2, 0.25) is 0 Å². The first-order chi connectivity index (χ1) is 10.3. The molecule has 102 valence electrons. The molecule has 0 fully saturated rings. The minimum absolute atomic E-state index is 0.0966. The van der Waals surface area contributed by atoms with E-state index in [1.807, 2.05) is 84.9 Å². The van der Waals surface area contributed by atoms with Crippen molar-refractivity contribution in [1.82, 2.24) is 0 Å². The normalized spacial score (nSPS) is 10.1. The van der Waals surface area contributed by atoms with Crippen LogP contribution in [0, 0.1) is 0 Å². The zero-order valence-corrected chi connectivity index (χ0v) is 11.5. The second kappa shape index (κ2) is 6.06. The molecule has 0 atom stereocenters. The van der Waals surface area contributed by atoms with Gasteiger partial charge in [-0.3, -0.25) is 4.79 Å². The fourth-order valence-electron chi connectivity index (χ4n) is 2.27. The number of hydrogen-bond donors (Lipinski definition) is 1. The molecule has 21 heavy (non-hydrogen) atoms. The van der Waals surface area contributed by atoms with E-state index in [0.29, 0.717) is 5.56 Å². The molecule has 1 amide bonds. The molecule has 0 spiro atoms. The first-order valence-corrected chi connectivity index (χ1v) is 6.85. The van der Waals surface area contributed by atoms with Crippen LogP contribution in [0.25, 0.3) is 11.1 Å².